The van der Waals surface area contributed by atoms with Crippen LogP contribution < -0.4 is 5.32 Å². The fraction of sp³-hybridized carbons (Fsp3) is 0.688. The maximum Gasteiger partial charge on any atom is 0.193 e. The summed E-state index contributed by atoms with van der Waals surface area (Å²) in [4.78, 5) is 10.2. The number of guanidine groups is 1. The molecule has 1 aromatic rings. The molecule has 2 heterocycles. The molecule has 5 nitrogen and oxygen atoms in total. The maximum atomic E-state index is 5.99. The molecule has 1 fully saturated rings. The van der Waals surface area contributed by atoms with E-state index < -0.39 is 0 Å². The van der Waals surface area contributed by atoms with Crippen molar-refractivity contribution in [3.05, 3.63) is 21.3 Å². The molecule has 0 aromatic carbocycles. The van der Waals surface area contributed by atoms with Crippen LogP contribution in [0.4, 0.5) is 0 Å². The summed E-state index contributed by atoms with van der Waals surface area (Å²) in [7, 11) is 3.88. The number of nitrogens with zero attached hydrogens (tertiary/aromatic N) is 3. The molecule has 0 amide bonds. The third-order valence-electron chi connectivity index (χ3n) is 3.88. The number of halogens is 1. The molecule has 0 radical (unpaired) electrons. The predicted molar refractivity (Wildman–Crippen MR) is 98.6 cm³/mol. The molecule has 1 aliphatic rings. The standard InChI is InChI=1S/C16H27ClN4OS/c1-13(11-21-6-8-22-9-7-21)10-19-16(18-2)20(3)12-14-4-5-15(17)23-14/h4-5,13H,6-12H2,1-3H3,(H,18,19). The van der Waals surface area contributed by atoms with Crippen LogP contribution in [0.1, 0.15) is 11.8 Å². The monoisotopic (exact) mass is 358 g/mol. The minimum Gasteiger partial charge on any atom is -0.379 e. The summed E-state index contributed by atoms with van der Waals surface area (Å²) in [5, 5.41) is 3.48. The van der Waals surface area contributed by atoms with Crippen LogP contribution in [0.3, 0.4) is 0 Å². The second-order valence-corrected chi connectivity index (χ2v) is 7.81. The molecular formula is C16H27ClN4OS. The van der Waals surface area contributed by atoms with Gasteiger partial charge in [0.25, 0.3) is 0 Å². The Bertz CT molecular complexity index is 502. The van der Waals surface area contributed by atoms with Gasteiger partial charge in [0.15, 0.2) is 5.96 Å². The number of aliphatic imine (C=N–C) groups is 1. The summed E-state index contributed by atoms with van der Waals surface area (Å²) < 4.78 is 6.22. The van der Waals surface area contributed by atoms with E-state index in [1.807, 2.05) is 13.1 Å². The van der Waals surface area contributed by atoms with Crippen molar-refractivity contribution in [1.82, 2.24) is 15.1 Å². The van der Waals surface area contributed by atoms with Gasteiger partial charge in [-0.05, 0) is 18.1 Å². The van der Waals surface area contributed by atoms with Gasteiger partial charge in [-0.3, -0.25) is 9.89 Å². The molecule has 1 saturated heterocycles. The molecular weight excluding hydrogens is 332 g/mol. The number of hydrogen-bond donors (Lipinski definition) is 1. The first-order valence-corrected chi connectivity index (χ1v) is 9.24. The van der Waals surface area contributed by atoms with E-state index in [0.717, 1.165) is 56.2 Å². The smallest absolute Gasteiger partial charge is 0.193 e. The highest BCUT2D eigenvalue weighted by Crippen LogP contribution is 2.22. The molecule has 0 aliphatic carbocycles. The Morgan fingerprint density at radius 1 is 1.48 bits per heavy atom. The third kappa shape index (κ3) is 6.30. The minimum absolute atomic E-state index is 0.564. The summed E-state index contributed by atoms with van der Waals surface area (Å²) >= 11 is 7.61. The van der Waals surface area contributed by atoms with Gasteiger partial charge in [0.1, 0.15) is 0 Å². The van der Waals surface area contributed by atoms with Crippen LogP contribution in [0.15, 0.2) is 17.1 Å². The second-order valence-electron chi connectivity index (χ2n) is 6.01. The quantitative estimate of drug-likeness (QED) is 0.626. The Balaban J connectivity index is 1.75. The molecule has 2 rings (SSSR count). The number of rotatable bonds is 6. The summed E-state index contributed by atoms with van der Waals surface area (Å²) in [5.41, 5.74) is 0. The summed E-state index contributed by atoms with van der Waals surface area (Å²) in [6.07, 6.45) is 0. The highest BCUT2D eigenvalue weighted by molar-refractivity contribution is 7.16. The minimum atomic E-state index is 0.564. The van der Waals surface area contributed by atoms with Crippen molar-refractivity contribution in [2.45, 2.75) is 13.5 Å². The Kier molecular flexibility index (Phi) is 7.62. The molecule has 0 bridgehead atoms. The summed E-state index contributed by atoms with van der Waals surface area (Å²) in [6, 6.07) is 4.01. The topological polar surface area (TPSA) is 40.1 Å². The van der Waals surface area contributed by atoms with Crippen LogP contribution in [0.5, 0.6) is 0 Å². The maximum absolute atomic E-state index is 5.99. The summed E-state index contributed by atoms with van der Waals surface area (Å²) in [6.45, 7) is 8.89. The van der Waals surface area contributed by atoms with E-state index in [-0.39, 0.29) is 0 Å². The molecule has 1 aromatic heterocycles. The van der Waals surface area contributed by atoms with Gasteiger partial charge in [-0.2, -0.15) is 0 Å². The van der Waals surface area contributed by atoms with Gasteiger partial charge in [-0.1, -0.05) is 18.5 Å². The molecule has 23 heavy (non-hydrogen) atoms. The van der Waals surface area contributed by atoms with Gasteiger partial charge in [0, 0.05) is 45.2 Å². The first-order valence-electron chi connectivity index (χ1n) is 8.04. The van der Waals surface area contributed by atoms with Crippen molar-refractivity contribution in [1.29, 1.82) is 0 Å². The van der Waals surface area contributed by atoms with Crippen LogP contribution in [-0.2, 0) is 11.3 Å². The molecule has 7 heteroatoms. The fourth-order valence-electron chi connectivity index (χ4n) is 2.68. The van der Waals surface area contributed by atoms with Crippen molar-refractivity contribution >= 4 is 28.9 Å². The van der Waals surface area contributed by atoms with Crippen LogP contribution in [-0.4, -0.2) is 69.2 Å². The SMILES string of the molecule is CN=C(NCC(C)CN1CCOCC1)N(C)Cc1ccc(Cl)s1. The van der Waals surface area contributed by atoms with E-state index in [1.54, 1.807) is 11.3 Å². The van der Waals surface area contributed by atoms with E-state index in [9.17, 15) is 0 Å². The highest BCUT2D eigenvalue weighted by Gasteiger charge is 2.15. The van der Waals surface area contributed by atoms with Gasteiger partial charge in [0.05, 0.1) is 24.1 Å². The van der Waals surface area contributed by atoms with Crippen molar-refractivity contribution in [2.24, 2.45) is 10.9 Å². The summed E-state index contributed by atoms with van der Waals surface area (Å²) in [5.74, 6) is 1.48. The molecule has 0 spiro atoms. The average molecular weight is 359 g/mol. The zero-order valence-corrected chi connectivity index (χ0v) is 15.8. The Morgan fingerprint density at radius 3 is 2.83 bits per heavy atom. The number of ether oxygens (including phenoxy) is 1. The van der Waals surface area contributed by atoms with Gasteiger partial charge < -0.3 is 15.0 Å². The van der Waals surface area contributed by atoms with Gasteiger partial charge in [-0.15, -0.1) is 11.3 Å². The van der Waals surface area contributed by atoms with Crippen LogP contribution in [0.2, 0.25) is 4.34 Å². The fourth-order valence-corrected chi connectivity index (χ4v) is 3.83. The lowest BCUT2D eigenvalue weighted by Gasteiger charge is -2.30. The first kappa shape index (κ1) is 18.5. The number of thiophene rings is 1. The molecule has 1 aliphatic heterocycles. The average Bonchev–Trinajstić information content (AvgIpc) is 2.94. The largest absolute Gasteiger partial charge is 0.379 e. The van der Waals surface area contributed by atoms with E-state index in [4.69, 9.17) is 16.3 Å². The van der Waals surface area contributed by atoms with Gasteiger partial charge in [0.2, 0.25) is 0 Å². The molecule has 0 saturated carbocycles. The van der Waals surface area contributed by atoms with Crippen LogP contribution in [0, 0.1) is 5.92 Å². The van der Waals surface area contributed by atoms with Crippen molar-refractivity contribution in [3.8, 4) is 0 Å². The van der Waals surface area contributed by atoms with E-state index >= 15 is 0 Å². The van der Waals surface area contributed by atoms with Crippen molar-refractivity contribution in [2.75, 3.05) is 53.5 Å². The van der Waals surface area contributed by atoms with Crippen LogP contribution >= 0.6 is 22.9 Å². The second kappa shape index (κ2) is 9.47. The lowest BCUT2D eigenvalue weighted by molar-refractivity contribution is 0.0320. The van der Waals surface area contributed by atoms with Gasteiger partial charge in [-0.25, -0.2) is 0 Å². The highest BCUT2D eigenvalue weighted by atomic mass is 35.5. The Hall–Kier alpha value is -0.820. The predicted octanol–water partition coefficient (Wildman–Crippen LogP) is 2.38. The first-order chi connectivity index (χ1) is 11.1. The zero-order valence-electron chi connectivity index (χ0n) is 14.2. The Morgan fingerprint density at radius 2 is 2.22 bits per heavy atom. The number of hydrogen-bond acceptors (Lipinski definition) is 4. The van der Waals surface area contributed by atoms with Crippen molar-refractivity contribution in [3.63, 3.8) is 0 Å². The third-order valence-corrected chi connectivity index (χ3v) is 5.09. The number of nitrogens with one attached hydrogen (secondary N) is 1. The van der Waals surface area contributed by atoms with Crippen LogP contribution in [0.25, 0.3) is 0 Å². The lowest BCUT2D eigenvalue weighted by atomic mass is 10.1. The zero-order chi connectivity index (χ0) is 16.7. The molecule has 130 valence electrons. The molecule has 1 atom stereocenters. The van der Waals surface area contributed by atoms with Crippen molar-refractivity contribution < 1.29 is 4.74 Å². The van der Waals surface area contributed by atoms with E-state index in [2.05, 4.69) is 40.1 Å². The van der Waals surface area contributed by atoms with E-state index in [1.165, 1.54) is 4.88 Å². The lowest BCUT2D eigenvalue weighted by Crippen LogP contribution is -2.44. The Labute approximate surface area is 148 Å². The normalized spacial score (nSPS) is 18.0. The molecule has 1 N–H and O–H groups in total. The van der Waals surface area contributed by atoms with E-state index in [0.29, 0.717) is 5.92 Å². The molecule has 1 unspecified atom stereocenters. The number of morpholine rings is 1. The van der Waals surface area contributed by atoms with Gasteiger partial charge >= 0.3 is 0 Å².